The zero-order valence-electron chi connectivity index (χ0n) is 10.3. The lowest BCUT2D eigenvalue weighted by atomic mass is 10.3. The molecule has 8 heteroatoms. The number of hydrogen-bond acceptors (Lipinski definition) is 5. The Morgan fingerprint density at radius 2 is 2.16 bits per heavy atom. The highest BCUT2D eigenvalue weighted by atomic mass is 32.2. The number of nitrogens with zero attached hydrogens (tertiary/aromatic N) is 3. The molecule has 0 fully saturated rings. The molecular weight excluding hydrogens is 268 g/mol. The van der Waals surface area contributed by atoms with E-state index in [1.54, 1.807) is 24.0 Å². The van der Waals surface area contributed by atoms with Gasteiger partial charge in [-0.05, 0) is 11.6 Å². The third-order valence-corrected chi connectivity index (χ3v) is 3.91. The molecule has 0 aliphatic carbocycles. The van der Waals surface area contributed by atoms with Crippen LogP contribution in [0.2, 0.25) is 0 Å². The van der Waals surface area contributed by atoms with Crippen LogP contribution in [0, 0.1) is 0 Å². The first kappa shape index (κ1) is 13.7. The molecule has 0 radical (unpaired) electrons. The quantitative estimate of drug-likeness (QED) is 0.790. The van der Waals surface area contributed by atoms with Crippen LogP contribution in [0.4, 0.5) is 0 Å². The van der Waals surface area contributed by atoms with Crippen LogP contribution in [0.25, 0.3) is 0 Å². The van der Waals surface area contributed by atoms with Crippen LogP contribution in [0.3, 0.4) is 0 Å². The van der Waals surface area contributed by atoms with Crippen molar-refractivity contribution in [2.24, 2.45) is 7.05 Å². The van der Waals surface area contributed by atoms with Gasteiger partial charge < -0.3 is 9.67 Å². The van der Waals surface area contributed by atoms with E-state index in [2.05, 4.69) is 14.7 Å². The van der Waals surface area contributed by atoms with Gasteiger partial charge in [0.05, 0.1) is 13.2 Å². The molecule has 2 aromatic heterocycles. The van der Waals surface area contributed by atoms with E-state index in [1.165, 1.54) is 18.3 Å². The van der Waals surface area contributed by atoms with Gasteiger partial charge in [-0.3, -0.25) is 0 Å². The Morgan fingerprint density at radius 3 is 2.68 bits per heavy atom. The molecule has 0 saturated carbocycles. The number of sulfonamides is 1. The SMILES string of the molecule is Cn1ccnc1CNS(=O)(=O)c1ccc(CO)cn1. The molecule has 2 rings (SSSR count). The summed E-state index contributed by atoms with van der Waals surface area (Å²) in [4.78, 5) is 7.83. The van der Waals surface area contributed by atoms with E-state index in [4.69, 9.17) is 5.11 Å². The Kier molecular flexibility index (Phi) is 3.93. The lowest BCUT2D eigenvalue weighted by Crippen LogP contribution is -2.25. The summed E-state index contributed by atoms with van der Waals surface area (Å²) in [5.74, 6) is 0.607. The second kappa shape index (κ2) is 5.47. The van der Waals surface area contributed by atoms with E-state index in [1.807, 2.05) is 0 Å². The Morgan fingerprint density at radius 1 is 1.37 bits per heavy atom. The second-order valence-electron chi connectivity index (χ2n) is 3.94. The van der Waals surface area contributed by atoms with Gasteiger partial charge in [0.25, 0.3) is 10.0 Å². The van der Waals surface area contributed by atoms with Gasteiger partial charge in [-0.1, -0.05) is 6.07 Å². The average molecular weight is 282 g/mol. The zero-order chi connectivity index (χ0) is 13.9. The molecule has 0 unspecified atom stereocenters. The molecule has 102 valence electrons. The van der Waals surface area contributed by atoms with Gasteiger partial charge in [-0.25, -0.2) is 23.1 Å². The molecule has 7 nitrogen and oxygen atoms in total. The van der Waals surface area contributed by atoms with Crippen molar-refractivity contribution in [2.45, 2.75) is 18.2 Å². The fourth-order valence-corrected chi connectivity index (χ4v) is 2.37. The van der Waals surface area contributed by atoms with Crippen molar-refractivity contribution in [2.75, 3.05) is 0 Å². The van der Waals surface area contributed by atoms with Crippen molar-refractivity contribution in [1.82, 2.24) is 19.3 Å². The highest BCUT2D eigenvalue weighted by Crippen LogP contribution is 2.07. The van der Waals surface area contributed by atoms with E-state index >= 15 is 0 Å². The maximum atomic E-state index is 12.0. The molecule has 0 spiro atoms. The first-order chi connectivity index (χ1) is 9.03. The number of hydrogen-bond donors (Lipinski definition) is 2. The normalized spacial score (nSPS) is 11.7. The summed E-state index contributed by atoms with van der Waals surface area (Å²) < 4.78 is 28.1. The van der Waals surface area contributed by atoms with Gasteiger partial charge in [0.15, 0.2) is 5.03 Å². The van der Waals surface area contributed by atoms with E-state index < -0.39 is 10.0 Å². The van der Waals surface area contributed by atoms with Gasteiger partial charge in [-0.15, -0.1) is 0 Å². The van der Waals surface area contributed by atoms with Crippen molar-refractivity contribution >= 4 is 10.0 Å². The molecule has 0 aliphatic rings. The van der Waals surface area contributed by atoms with Gasteiger partial charge >= 0.3 is 0 Å². The number of aryl methyl sites for hydroxylation is 1. The van der Waals surface area contributed by atoms with Crippen LogP contribution in [-0.2, 0) is 30.2 Å². The van der Waals surface area contributed by atoms with Crippen LogP contribution in [0.15, 0.2) is 35.7 Å². The Bertz CT molecular complexity index is 649. The van der Waals surface area contributed by atoms with E-state index in [9.17, 15) is 8.42 Å². The summed E-state index contributed by atoms with van der Waals surface area (Å²) >= 11 is 0. The lowest BCUT2D eigenvalue weighted by molar-refractivity contribution is 0.281. The molecule has 0 bridgehead atoms. The first-order valence-corrected chi connectivity index (χ1v) is 7.03. The molecular formula is C11H14N4O3S. The van der Waals surface area contributed by atoms with E-state index in [-0.39, 0.29) is 18.2 Å². The minimum absolute atomic E-state index is 0.0843. The zero-order valence-corrected chi connectivity index (χ0v) is 11.1. The van der Waals surface area contributed by atoms with Gasteiger partial charge in [0.1, 0.15) is 5.82 Å². The monoisotopic (exact) mass is 282 g/mol. The van der Waals surface area contributed by atoms with Crippen molar-refractivity contribution in [3.8, 4) is 0 Å². The van der Waals surface area contributed by atoms with Crippen LogP contribution in [-0.4, -0.2) is 28.1 Å². The summed E-state index contributed by atoms with van der Waals surface area (Å²) in [6, 6.07) is 2.87. The van der Waals surface area contributed by atoms with Crippen molar-refractivity contribution < 1.29 is 13.5 Å². The van der Waals surface area contributed by atoms with Gasteiger partial charge in [0.2, 0.25) is 0 Å². The lowest BCUT2D eigenvalue weighted by Gasteiger charge is -2.06. The fraction of sp³-hybridized carbons (Fsp3) is 0.273. The summed E-state index contributed by atoms with van der Waals surface area (Å²) in [6.45, 7) is -0.0801. The Labute approximate surface area is 111 Å². The third kappa shape index (κ3) is 3.16. The van der Waals surface area contributed by atoms with Gasteiger partial charge in [-0.2, -0.15) is 0 Å². The Hall–Kier alpha value is -1.77. The molecule has 0 amide bonds. The summed E-state index contributed by atoms with van der Waals surface area (Å²) in [5, 5.41) is 8.79. The number of rotatable bonds is 5. The summed E-state index contributed by atoms with van der Waals surface area (Å²) in [5.41, 5.74) is 0.558. The second-order valence-corrected chi connectivity index (χ2v) is 5.66. The van der Waals surface area contributed by atoms with E-state index in [0.29, 0.717) is 11.4 Å². The third-order valence-electron chi connectivity index (χ3n) is 2.60. The predicted octanol–water partition coefficient (Wildman–Crippen LogP) is -0.214. The van der Waals surface area contributed by atoms with Gasteiger partial charge in [0, 0.05) is 25.6 Å². The smallest absolute Gasteiger partial charge is 0.258 e. The Balaban J connectivity index is 2.11. The average Bonchev–Trinajstić information content (AvgIpc) is 2.82. The van der Waals surface area contributed by atoms with Crippen LogP contribution < -0.4 is 4.72 Å². The predicted molar refractivity (Wildman–Crippen MR) is 67.4 cm³/mol. The minimum atomic E-state index is -3.67. The highest BCUT2D eigenvalue weighted by molar-refractivity contribution is 7.89. The topological polar surface area (TPSA) is 97.1 Å². The van der Waals surface area contributed by atoms with Crippen LogP contribution in [0.1, 0.15) is 11.4 Å². The molecule has 0 atom stereocenters. The number of aliphatic hydroxyl groups is 1. The molecule has 0 saturated heterocycles. The number of aliphatic hydroxyl groups excluding tert-OH is 1. The molecule has 2 heterocycles. The number of nitrogens with one attached hydrogen (secondary N) is 1. The standard InChI is InChI=1S/C11H14N4O3S/c1-15-5-4-12-10(15)7-14-19(17,18)11-3-2-9(8-16)6-13-11/h2-6,14,16H,7-8H2,1H3. The molecule has 19 heavy (non-hydrogen) atoms. The fourth-order valence-electron chi connectivity index (χ4n) is 1.46. The minimum Gasteiger partial charge on any atom is -0.392 e. The number of pyridine rings is 1. The molecule has 0 aromatic carbocycles. The summed E-state index contributed by atoms with van der Waals surface area (Å²) in [6.07, 6.45) is 4.66. The van der Waals surface area contributed by atoms with Crippen molar-refractivity contribution in [3.63, 3.8) is 0 Å². The van der Waals surface area contributed by atoms with Crippen LogP contribution in [0.5, 0.6) is 0 Å². The largest absolute Gasteiger partial charge is 0.392 e. The maximum Gasteiger partial charge on any atom is 0.258 e. The summed E-state index contributed by atoms with van der Waals surface area (Å²) in [7, 11) is -1.89. The van der Waals surface area contributed by atoms with Crippen molar-refractivity contribution in [1.29, 1.82) is 0 Å². The maximum absolute atomic E-state index is 12.0. The van der Waals surface area contributed by atoms with E-state index in [0.717, 1.165) is 0 Å². The van der Waals surface area contributed by atoms with Crippen LogP contribution >= 0.6 is 0 Å². The molecule has 2 N–H and O–H groups in total. The first-order valence-electron chi connectivity index (χ1n) is 5.54. The number of imidazole rings is 1. The molecule has 0 aliphatic heterocycles. The highest BCUT2D eigenvalue weighted by Gasteiger charge is 2.16. The molecule has 2 aromatic rings. The number of aromatic nitrogens is 3. The van der Waals surface area contributed by atoms with Crippen molar-refractivity contribution in [3.05, 3.63) is 42.1 Å².